The minimum absolute atomic E-state index is 0.163. The third-order valence-corrected chi connectivity index (χ3v) is 6.09. The van der Waals surface area contributed by atoms with E-state index in [9.17, 15) is 4.79 Å². The number of benzene rings is 1. The fraction of sp³-hybridized carbons (Fsp3) is 0.682. The Balaban J connectivity index is 1.36. The van der Waals surface area contributed by atoms with E-state index in [0.29, 0.717) is 12.6 Å². The molecule has 0 aromatic heterocycles. The van der Waals surface area contributed by atoms with Crippen molar-refractivity contribution < 1.29 is 9.53 Å². The Hall–Kier alpha value is -1.79. The SMILES string of the molecule is CCN(CC)CCNC(=O)Nc1ccc(OC2CCN(C3CCC3)CC2)cc1. The van der Waals surface area contributed by atoms with Crippen molar-refractivity contribution in [2.24, 2.45) is 0 Å². The summed E-state index contributed by atoms with van der Waals surface area (Å²) in [6, 6.07) is 8.38. The zero-order valence-electron chi connectivity index (χ0n) is 17.5. The number of ether oxygens (including phenoxy) is 1. The summed E-state index contributed by atoms with van der Waals surface area (Å²) in [6.45, 7) is 10.1. The number of likely N-dealkylation sites (N-methyl/N-ethyl adjacent to an activating group) is 1. The molecule has 28 heavy (non-hydrogen) atoms. The number of nitrogens with one attached hydrogen (secondary N) is 2. The smallest absolute Gasteiger partial charge is 0.319 e. The molecule has 2 N–H and O–H groups in total. The topological polar surface area (TPSA) is 56.8 Å². The average molecular weight is 389 g/mol. The second-order valence-corrected chi connectivity index (χ2v) is 7.87. The number of anilines is 1. The predicted octanol–water partition coefficient (Wildman–Crippen LogP) is 3.55. The summed E-state index contributed by atoms with van der Waals surface area (Å²) in [4.78, 5) is 16.9. The minimum Gasteiger partial charge on any atom is -0.490 e. The number of carbonyl (C=O) groups excluding carboxylic acids is 1. The van der Waals surface area contributed by atoms with E-state index in [0.717, 1.165) is 63.0 Å². The van der Waals surface area contributed by atoms with Crippen molar-refractivity contribution in [2.45, 2.75) is 58.1 Å². The molecule has 6 heteroatoms. The fourth-order valence-electron chi connectivity index (χ4n) is 3.96. The molecule has 1 aromatic carbocycles. The van der Waals surface area contributed by atoms with Crippen LogP contribution in [0.15, 0.2) is 24.3 Å². The number of likely N-dealkylation sites (tertiary alicyclic amines) is 1. The standard InChI is InChI=1S/C22H36N4O2/c1-3-25(4-2)17-14-23-22(27)24-18-8-10-20(11-9-18)28-21-12-15-26(16-13-21)19-6-5-7-19/h8-11,19,21H,3-7,12-17H2,1-2H3,(H2,23,24,27). The van der Waals surface area contributed by atoms with Gasteiger partial charge in [-0.2, -0.15) is 0 Å². The summed E-state index contributed by atoms with van der Waals surface area (Å²) in [6.07, 6.45) is 6.66. The quantitative estimate of drug-likeness (QED) is 0.679. The molecule has 2 fully saturated rings. The number of hydrogen-bond donors (Lipinski definition) is 2. The molecular weight excluding hydrogens is 352 g/mol. The summed E-state index contributed by atoms with van der Waals surface area (Å²) in [5, 5.41) is 5.79. The van der Waals surface area contributed by atoms with Gasteiger partial charge in [-0.15, -0.1) is 0 Å². The van der Waals surface area contributed by atoms with Crippen molar-refractivity contribution in [3.63, 3.8) is 0 Å². The molecule has 0 bridgehead atoms. The first kappa shape index (κ1) is 20.9. The summed E-state index contributed by atoms with van der Waals surface area (Å²) in [5.74, 6) is 0.884. The van der Waals surface area contributed by atoms with E-state index in [1.165, 1.54) is 19.3 Å². The number of nitrogens with zero attached hydrogens (tertiary/aromatic N) is 2. The molecule has 2 amide bonds. The van der Waals surface area contributed by atoms with Gasteiger partial charge in [-0.25, -0.2) is 4.79 Å². The molecule has 0 radical (unpaired) electrons. The van der Waals surface area contributed by atoms with Gasteiger partial charge in [0.05, 0.1) is 0 Å². The molecule has 6 nitrogen and oxygen atoms in total. The van der Waals surface area contributed by atoms with Crippen LogP contribution in [0.2, 0.25) is 0 Å². The van der Waals surface area contributed by atoms with Crippen LogP contribution in [0.4, 0.5) is 10.5 Å². The number of carbonyl (C=O) groups is 1. The summed E-state index contributed by atoms with van der Waals surface area (Å²) in [5.41, 5.74) is 0.785. The second kappa shape index (κ2) is 10.7. The highest BCUT2D eigenvalue weighted by Gasteiger charge is 2.29. The number of piperidine rings is 1. The third kappa shape index (κ3) is 6.11. The molecule has 1 aromatic rings. The Kier molecular flexibility index (Phi) is 7.98. The van der Waals surface area contributed by atoms with Crippen molar-refractivity contribution in [2.75, 3.05) is 44.6 Å². The van der Waals surface area contributed by atoms with E-state index in [-0.39, 0.29) is 6.03 Å². The largest absolute Gasteiger partial charge is 0.490 e. The monoisotopic (exact) mass is 388 g/mol. The van der Waals surface area contributed by atoms with E-state index in [4.69, 9.17) is 4.74 Å². The summed E-state index contributed by atoms with van der Waals surface area (Å²) in [7, 11) is 0. The normalized spacial score (nSPS) is 18.7. The molecule has 1 aliphatic carbocycles. The maximum atomic E-state index is 12.0. The van der Waals surface area contributed by atoms with Crippen LogP contribution in [0.1, 0.15) is 46.0 Å². The van der Waals surface area contributed by atoms with Gasteiger partial charge < -0.3 is 25.2 Å². The molecule has 1 heterocycles. The maximum absolute atomic E-state index is 12.0. The van der Waals surface area contributed by atoms with Gasteiger partial charge in [-0.05, 0) is 63.0 Å². The van der Waals surface area contributed by atoms with Crippen LogP contribution >= 0.6 is 0 Å². The predicted molar refractivity (Wildman–Crippen MR) is 114 cm³/mol. The van der Waals surface area contributed by atoms with Gasteiger partial charge >= 0.3 is 6.03 Å². The Morgan fingerprint density at radius 2 is 1.79 bits per heavy atom. The number of urea groups is 1. The lowest BCUT2D eigenvalue weighted by molar-refractivity contribution is 0.0493. The van der Waals surface area contributed by atoms with Crippen LogP contribution < -0.4 is 15.4 Å². The molecule has 3 rings (SSSR count). The Labute approximate surface area is 169 Å². The van der Waals surface area contributed by atoms with Gasteiger partial charge in [0.1, 0.15) is 11.9 Å². The Morgan fingerprint density at radius 1 is 1.11 bits per heavy atom. The highest BCUT2D eigenvalue weighted by atomic mass is 16.5. The zero-order valence-corrected chi connectivity index (χ0v) is 17.5. The second-order valence-electron chi connectivity index (χ2n) is 7.87. The lowest BCUT2D eigenvalue weighted by Gasteiger charge is -2.41. The number of amides is 2. The Bertz CT molecular complexity index is 591. The average Bonchev–Trinajstić information content (AvgIpc) is 2.67. The van der Waals surface area contributed by atoms with Crippen LogP contribution in [-0.4, -0.2) is 67.2 Å². The van der Waals surface area contributed by atoms with Crippen molar-refractivity contribution in [3.05, 3.63) is 24.3 Å². The van der Waals surface area contributed by atoms with E-state index in [1.54, 1.807) is 0 Å². The van der Waals surface area contributed by atoms with Crippen LogP contribution in [0.3, 0.4) is 0 Å². The van der Waals surface area contributed by atoms with Crippen LogP contribution in [-0.2, 0) is 0 Å². The van der Waals surface area contributed by atoms with Crippen LogP contribution in [0.25, 0.3) is 0 Å². The lowest BCUT2D eigenvalue weighted by atomic mass is 9.90. The molecular formula is C22H36N4O2. The van der Waals surface area contributed by atoms with Gasteiger partial charge in [-0.1, -0.05) is 20.3 Å². The first-order valence-corrected chi connectivity index (χ1v) is 11.0. The number of hydrogen-bond acceptors (Lipinski definition) is 4. The molecule has 0 atom stereocenters. The molecule has 0 spiro atoms. The molecule has 2 aliphatic rings. The van der Waals surface area contributed by atoms with Gasteiger partial charge in [0.15, 0.2) is 0 Å². The van der Waals surface area contributed by atoms with E-state index in [1.807, 2.05) is 24.3 Å². The van der Waals surface area contributed by atoms with Crippen LogP contribution in [0, 0.1) is 0 Å². The van der Waals surface area contributed by atoms with Crippen molar-refractivity contribution in [1.29, 1.82) is 0 Å². The van der Waals surface area contributed by atoms with Crippen LogP contribution in [0.5, 0.6) is 5.75 Å². The number of rotatable bonds is 9. The fourth-order valence-corrected chi connectivity index (χ4v) is 3.96. The summed E-state index contributed by atoms with van der Waals surface area (Å²) < 4.78 is 6.15. The Morgan fingerprint density at radius 3 is 2.36 bits per heavy atom. The third-order valence-electron chi connectivity index (χ3n) is 6.09. The van der Waals surface area contributed by atoms with Gasteiger partial charge in [0.2, 0.25) is 0 Å². The first-order chi connectivity index (χ1) is 13.7. The first-order valence-electron chi connectivity index (χ1n) is 11.0. The van der Waals surface area contributed by atoms with Crippen molar-refractivity contribution in [1.82, 2.24) is 15.1 Å². The highest BCUT2D eigenvalue weighted by molar-refractivity contribution is 5.89. The van der Waals surface area contributed by atoms with Gasteiger partial charge in [0.25, 0.3) is 0 Å². The van der Waals surface area contributed by atoms with E-state index < -0.39 is 0 Å². The van der Waals surface area contributed by atoms with Gasteiger partial charge in [-0.3, -0.25) is 0 Å². The lowest BCUT2D eigenvalue weighted by Crippen LogP contribution is -2.46. The molecule has 1 saturated heterocycles. The van der Waals surface area contributed by atoms with Crippen molar-refractivity contribution >= 4 is 11.7 Å². The minimum atomic E-state index is -0.163. The molecule has 0 unspecified atom stereocenters. The molecule has 1 saturated carbocycles. The maximum Gasteiger partial charge on any atom is 0.319 e. The van der Waals surface area contributed by atoms with Gasteiger partial charge in [0, 0.05) is 37.9 Å². The molecule has 1 aliphatic heterocycles. The molecule has 156 valence electrons. The van der Waals surface area contributed by atoms with Crippen molar-refractivity contribution in [3.8, 4) is 5.75 Å². The van der Waals surface area contributed by atoms with E-state index in [2.05, 4.69) is 34.3 Å². The zero-order chi connectivity index (χ0) is 19.8. The summed E-state index contributed by atoms with van der Waals surface area (Å²) >= 11 is 0. The highest BCUT2D eigenvalue weighted by Crippen LogP contribution is 2.28. The van der Waals surface area contributed by atoms with E-state index >= 15 is 0 Å².